The number of nitrogens with one attached hydrogen (secondary N) is 1. The fourth-order valence-corrected chi connectivity index (χ4v) is 3.51. The lowest BCUT2D eigenvalue weighted by molar-refractivity contribution is -0.137. The van der Waals surface area contributed by atoms with E-state index in [1.54, 1.807) is 72.8 Å². The molecule has 1 aromatic heterocycles. The number of allylic oxidation sites excluding steroid dienone is 1. The van der Waals surface area contributed by atoms with Crippen molar-refractivity contribution in [2.75, 3.05) is 11.1 Å². The highest BCUT2D eigenvalue weighted by Crippen LogP contribution is 2.32. The lowest BCUT2D eigenvalue weighted by Gasteiger charge is -2.12. The van der Waals surface area contributed by atoms with Crippen molar-refractivity contribution in [3.63, 3.8) is 0 Å². The monoisotopic (exact) mass is 487 g/mol. The third kappa shape index (κ3) is 5.85. The number of hydrogen-bond acceptors (Lipinski definition) is 4. The minimum absolute atomic E-state index is 0.246. The molecule has 0 aliphatic carbocycles. The zero-order chi connectivity index (χ0) is 25.7. The van der Waals surface area contributed by atoms with Crippen LogP contribution in [-0.2, 0) is 6.18 Å². The zero-order valence-electron chi connectivity index (χ0n) is 18.8. The molecule has 0 spiro atoms. The van der Waals surface area contributed by atoms with Gasteiger partial charge in [-0.2, -0.15) is 13.2 Å². The maximum Gasteiger partial charge on any atom is 0.416 e. The van der Waals surface area contributed by atoms with Gasteiger partial charge in [-0.05, 0) is 77.9 Å². The van der Waals surface area contributed by atoms with Crippen molar-refractivity contribution in [2.45, 2.75) is 6.18 Å². The second-order valence-corrected chi connectivity index (χ2v) is 7.84. The van der Waals surface area contributed by atoms with E-state index in [4.69, 9.17) is 5.73 Å². The first kappa shape index (κ1) is 24.4. The molecule has 3 aromatic carbocycles. The summed E-state index contributed by atoms with van der Waals surface area (Å²) in [6.07, 6.45) is -1.49. The highest BCUT2D eigenvalue weighted by Gasteiger charge is 2.30. The third-order valence-corrected chi connectivity index (χ3v) is 5.32. The van der Waals surface area contributed by atoms with E-state index >= 15 is 0 Å². The Bertz CT molecular complexity index is 1430. The molecule has 8 heteroatoms. The number of rotatable bonds is 6. The molecule has 1 amide bonds. The number of nitrogen functional groups attached to an aromatic ring is 1. The first-order chi connectivity index (χ1) is 17.2. The van der Waals surface area contributed by atoms with Crippen molar-refractivity contribution in [2.24, 2.45) is 0 Å². The predicted molar refractivity (Wildman–Crippen MR) is 133 cm³/mol. The molecule has 0 saturated heterocycles. The van der Waals surface area contributed by atoms with Gasteiger partial charge in [-0.25, -0.2) is 4.98 Å². The van der Waals surface area contributed by atoms with Crippen molar-refractivity contribution in [3.05, 3.63) is 119 Å². The normalized spacial score (nSPS) is 11.4. The molecule has 0 aliphatic rings. The van der Waals surface area contributed by atoms with Crippen LogP contribution in [0.4, 0.5) is 24.7 Å². The van der Waals surface area contributed by atoms with Crippen LogP contribution in [-0.4, -0.2) is 16.7 Å². The lowest BCUT2D eigenvalue weighted by Crippen LogP contribution is -2.13. The average Bonchev–Trinajstić information content (AvgIpc) is 2.87. The first-order valence-electron chi connectivity index (χ1n) is 10.8. The fraction of sp³-hybridized carbons (Fsp3) is 0.0357. The number of anilines is 2. The number of hydrogen-bond donors (Lipinski definition) is 2. The number of amides is 1. The Kier molecular flexibility index (Phi) is 6.96. The van der Waals surface area contributed by atoms with Crippen LogP contribution in [0.15, 0.2) is 97.1 Å². The number of carbonyl (C=O) groups is 2. The fourth-order valence-electron chi connectivity index (χ4n) is 3.51. The van der Waals surface area contributed by atoms with Gasteiger partial charge in [0.05, 0.1) is 11.3 Å². The van der Waals surface area contributed by atoms with E-state index in [0.717, 1.165) is 12.1 Å². The Balaban J connectivity index is 1.47. The molecule has 1 heterocycles. The van der Waals surface area contributed by atoms with Crippen LogP contribution >= 0.6 is 0 Å². The molecule has 0 unspecified atom stereocenters. The quantitative estimate of drug-likeness (QED) is 0.240. The molecular formula is C28H20F3N3O2. The summed E-state index contributed by atoms with van der Waals surface area (Å²) >= 11 is 0. The number of nitrogens with zero attached hydrogens (tertiary/aromatic N) is 1. The summed E-state index contributed by atoms with van der Waals surface area (Å²) in [5.41, 5.74) is 7.58. The average molecular weight is 487 g/mol. The smallest absolute Gasteiger partial charge is 0.384 e. The number of ketones is 1. The van der Waals surface area contributed by atoms with Gasteiger partial charge < -0.3 is 11.1 Å². The molecule has 0 aliphatic heterocycles. The van der Waals surface area contributed by atoms with E-state index in [1.165, 1.54) is 18.2 Å². The van der Waals surface area contributed by atoms with Gasteiger partial charge in [0.2, 0.25) is 0 Å². The Morgan fingerprint density at radius 2 is 1.53 bits per heavy atom. The van der Waals surface area contributed by atoms with Gasteiger partial charge in [-0.15, -0.1) is 0 Å². The van der Waals surface area contributed by atoms with E-state index in [-0.39, 0.29) is 5.78 Å². The number of nitrogens with two attached hydrogens (primary N) is 1. The maximum atomic E-state index is 13.0. The Hall–Kier alpha value is -4.72. The molecule has 5 nitrogen and oxygen atoms in total. The van der Waals surface area contributed by atoms with Crippen molar-refractivity contribution < 1.29 is 22.8 Å². The van der Waals surface area contributed by atoms with E-state index in [9.17, 15) is 22.8 Å². The second kappa shape index (κ2) is 10.3. The van der Waals surface area contributed by atoms with E-state index < -0.39 is 17.6 Å². The lowest BCUT2D eigenvalue weighted by atomic mass is 9.98. The van der Waals surface area contributed by atoms with Crippen LogP contribution in [0.2, 0.25) is 0 Å². The number of halogens is 3. The number of carbonyl (C=O) groups excluding carboxylic acids is 2. The van der Waals surface area contributed by atoms with Gasteiger partial charge in [0, 0.05) is 16.8 Å². The minimum atomic E-state index is -4.44. The molecular weight excluding hydrogens is 467 g/mol. The van der Waals surface area contributed by atoms with Crippen LogP contribution in [0.25, 0.3) is 17.2 Å². The standard InChI is InChI=1S/C28H20F3N3O2/c29-28(30,31)20-12-8-18(9-13-20)23-5-1-2-6-24(23)27(36)34-22-14-10-19(11-15-22)25(35)17-16-21-4-3-7-26(32)33-21/h1-17H,(H2,32,33)(H,34,36)/b17-16+. The van der Waals surface area contributed by atoms with Gasteiger partial charge in [-0.3, -0.25) is 9.59 Å². The zero-order valence-corrected chi connectivity index (χ0v) is 18.8. The van der Waals surface area contributed by atoms with Gasteiger partial charge in [0.25, 0.3) is 5.91 Å². The van der Waals surface area contributed by atoms with Crippen molar-refractivity contribution in [1.29, 1.82) is 0 Å². The SMILES string of the molecule is Nc1cccc(/C=C/C(=O)c2ccc(NC(=O)c3ccccc3-c3ccc(C(F)(F)F)cc3)cc2)n1. The summed E-state index contributed by atoms with van der Waals surface area (Å²) in [6.45, 7) is 0. The van der Waals surface area contributed by atoms with Crippen LogP contribution in [0, 0.1) is 0 Å². The Morgan fingerprint density at radius 1 is 0.833 bits per heavy atom. The summed E-state index contributed by atoms with van der Waals surface area (Å²) in [5.74, 6) is -0.327. The molecule has 4 aromatic rings. The summed E-state index contributed by atoms with van der Waals surface area (Å²) in [6, 6.07) is 22.7. The number of aromatic nitrogens is 1. The topological polar surface area (TPSA) is 85.1 Å². The van der Waals surface area contributed by atoms with Gasteiger partial charge in [-0.1, -0.05) is 36.4 Å². The van der Waals surface area contributed by atoms with Gasteiger partial charge in [0.15, 0.2) is 5.78 Å². The molecule has 4 rings (SSSR count). The van der Waals surface area contributed by atoms with Crippen LogP contribution in [0.5, 0.6) is 0 Å². The van der Waals surface area contributed by atoms with Crippen LogP contribution in [0.1, 0.15) is 32.0 Å². The highest BCUT2D eigenvalue weighted by atomic mass is 19.4. The van der Waals surface area contributed by atoms with Crippen molar-refractivity contribution in [1.82, 2.24) is 4.98 Å². The van der Waals surface area contributed by atoms with Crippen molar-refractivity contribution >= 4 is 29.3 Å². The number of alkyl halides is 3. The van der Waals surface area contributed by atoms with E-state index in [0.29, 0.717) is 39.5 Å². The van der Waals surface area contributed by atoms with Crippen LogP contribution in [0.3, 0.4) is 0 Å². The molecule has 0 radical (unpaired) electrons. The summed E-state index contributed by atoms with van der Waals surface area (Å²) in [5, 5.41) is 2.76. The molecule has 0 fully saturated rings. The van der Waals surface area contributed by atoms with Gasteiger partial charge in [0.1, 0.15) is 5.82 Å². The number of benzene rings is 3. The maximum absolute atomic E-state index is 13.0. The molecule has 3 N–H and O–H groups in total. The Morgan fingerprint density at radius 3 is 2.19 bits per heavy atom. The first-order valence-corrected chi connectivity index (χ1v) is 10.8. The predicted octanol–water partition coefficient (Wildman–Crippen LogP) is 6.50. The molecule has 0 atom stereocenters. The molecule has 0 bridgehead atoms. The largest absolute Gasteiger partial charge is 0.416 e. The van der Waals surface area contributed by atoms with E-state index in [1.807, 2.05) is 0 Å². The molecule has 36 heavy (non-hydrogen) atoms. The molecule has 0 saturated carbocycles. The Labute approximate surface area is 205 Å². The second-order valence-electron chi connectivity index (χ2n) is 7.84. The minimum Gasteiger partial charge on any atom is -0.384 e. The van der Waals surface area contributed by atoms with Crippen molar-refractivity contribution in [3.8, 4) is 11.1 Å². The van der Waals surface area contributed by atoms with E-state index in [2.05, 4.69) is 10.3 Å². The molecule has 180 valence electrons. The van der Waals surface area contributed by atoms with Crippen LogP contribution < -0.4 is 11.1 Å². The summed E-state index contributed by atoms with van der Waals surface area (Å²) in [4.78, 5) is 29.5. The third-order valence-electron chi connectivity index (χ3n) is 5.32. The summed E-state index contributed by atoms with van der Waals surface area (Å²) in [7, 11) is 0. The van der Waals surface area contributed by atoms with Gasteiger partial charge >= 0.3 is 6.18 Å². The number of pyridine rings is 1. The highest BCUT2D eigenvalue weighted by molar-refractivity contribution is 6.09. The summed E-state index contributed by atoms with van der Waals surface area (Å²) < 4.78 is 38.7.